The second-order valence-electron chi connectivity index (χ2n) is 13.4. The van der Waals surface area contributed by atoms with Crippen LogP contribution in [0.3, 0.4) is 0 Å². The Kier molecular flexibility index (Phi) is 9.41. The van der Waals surface area contributed by atoms with Crippen LogP contribution in [0.4, 0.5) is 11.9 Å². The summed E-state index contributed by atoms with van der Waals surface area (Å²) in [5, 5.41) is 20.8. The van der Waals surface area contributed by atoms with Crippen LogP contribution in [0.1, 0.15) is 80.6 Å². The Bertz CT molecular complexity index is 2560. The number of oxazole rings is 1. The minimum atomic E-state index is -1.12. The fourth-order valence-corrected chi connectivity index (χ4v) is 6.96. The largest absolute Gasteiger partial charge is 0.491 e. The molecule has 1 fully saturated rings. The quantitative estimate of drug-likeness (QED) is 0.115. The maximum absolute atomic E-state index is 13.6. The molecule has 6 heterocycles. The van der Waals surface area contributed by atoms with Gasteiger partial charge in [0.25, 0.3) is 5.91 Å². The summed E-state index contributed by atoms with van der Waals surface area (Å²) in [6, 6.07) is 8.09. The fraction of sp³-hybridized carbons (Fsp3) is 0.342. The topological polar surface area (TPSA) is 232 Å². The summed E-state index contributed by atoms with van der Waals surface area (Å²) >= 11 is 0. The van der Waals surface area contributed by atoms with Crippen LogP contribution in [0.5, 0.6) is 11.5 Å². The highest BCUT2D eigenvalue weighted by atomic mass is 16.6. The number of imidazole rings is 2. The second kappa shape index (κ2) is 14.5. The summed E-state index contributed by atoms with van der Waals surface area (Å²) in [7, 11) is 0. The van der Waals surface area contributed by atoms with E-state index in [4.69, 9.17) is 34.3 Å². The van der Waals surface area contributed by atoms with E-state index in [0.29, 0.717) is 70.5 Å². The lowest BCUT2D eigenvalue weighted by atomic mass is 10.1. The number of ether oxygens (including phenoxy) is 3. The van der Waals surface area contributed by atoms with Gasteiger partial charge < -0.3 is 43.9 Å². The molecule has 56 heavy (non-hydrogen) atoms. The van der Waals surface area contributed by atoms with E-state index in [9.17, 15) is 19.5 Å². The number of aromatic carboxylic acids is 1. The molecule has 0 bridgehead atoms. The summed E-state index contributed by atoms with van der Waals surface area (Å²) in [6.45, 7) is 8.99. The summed E-state index contributed by atoms with van der Waals surface area (Å²) in [5.41, 5.74) is 10.1. The standard InChI is InChI=1S/C38H40N10O8/c1-5-23-31(55-20(4)40-23)34(50)43-37-41-24-15-21(33(39)49)17-27-29(24)46(37)10-7-8-11-47-30-25(16-22(36(51)52)18-28(30)54-13-9-12-53-27)42-38(47)44-35-32(56-35)26-14-19(3)45-48(26)6-2/h7-8,14-18,32,35H,5-6,9-13H2,1-4H3,(H2,39,49)(H,42,44)(H,51,52)(H,41,43,50)/b8-7+. The number of rotatable bonds is 9. The third-order valence-corrected chi connectivity index (χ3v) is 9.55. The smallest absolute Gasteiger partial charge is 0.335 e. The van der Waals surface area contributed by atoms with Crippen LogP contribution in [-0.4, -0.2) is 76.2 Å². The van der Waals surface area contributed by atoms with Crippen molar-refractivity contribution in [3.63, 3.8) is 0 Å². The molecule has 290 valence electrons. The monoisotopic (exact) mass is 764 g/mol. The first-order valence-electron chi connectivity index (χ1n) is 18.3. The van der Waals surface area contributed by atoms with Crippen LogP contribution < -0.4 is 25.8 Å². The minimum absolute atomic E-state index is 0.0231. The molecule has 2 amide bonds. The van der Waals surface area contributed by atoms with Gasteiger partial charge >= 0.3 is 5.97 Å². The minimum Gasteiger partial charge on any atom is -0.491 e. The number of allylic oxidation sites excluding steroid dienone is 2. The lowest BCUT2D eigenvalue weighted by Crippen LogP contribution is -2.17. The molecule has 0 saturated carbocycles. The number of hydrogen-bond acceptors (Lipinski definition) is 12. The highest BCUT2D eigenvalue weighted by Crippen LogP contribution is 2.41. The number of nitrogens with zero attached hydrogens (tertiary/aromatic N) is 7. The van der Waals surface area contributed by atoms with Gasteiger partial charge in [-0.05, 0) is 50.6 Å². The molecule has 8 rings (SSSR count). The number of aromatic nitrogens is 7. The Morgan fingerprint density at radius 3 is 2.18 bits per heavy atom. The first-order valence-corrected chi connectivity index (χ1v) is 18.3. The zero-order chi connectivity index (χ0) is 39.2. The number of nitrogens with two attached hydrogens (primary N) is 1. The van der Waals surface area contributed by atoms with Crippen LogP contribution in [0.2, 0.25) is 0 Å². The van der Waals surface area contributed by atoms with Crippen molar-refractivity contribution in [2.75, 3.05) is 23.8 Å². The first kappa shape index (κ1) is 36.3. The van der Waals surface area contributed by atoms with E-state index in [-0.39, 0.29) is 55.2 Å². The van der Waals surface area contributed by atoms with Crippen molar-refractivity contribution >= 4 is 51.7 Å². The van der Waals surface area contributed by atoms with Crippen LogP contribution >= 0.6 is 0 Å². The van der Waals surface area contributed by atoms with Crippen molar-refractivity contribution < 1.29 is 38.1 Å². The molecule has 2 aromatic carbocycles. The maximum Gasteiger partial charge on any atom is 0.335 e. The summed E-state index contributed by atoms with van der Waals surface area (Å²) < 4.78 is 29.8. The van der Waals surface area contributed by atoms with Crippen molar-refractivity contribution in [1.29, 1.82) is 0 Å². The highest BCUT2D eigenvalue weighted by Gasteiger charge is 2.44. The molecular formula is C38H40N10O8. The Balaban J connectivity index is 1.18. The number of benzene rings is 2. The Hall–Kier alpha value is -6.69. The molecule has 2 aliphatic heterocycles. The Morgan fingerprint density at radius 2 is 1.54 bits per heavy atom. The number of carboxylic acids is 1. The van der Waals surface area contributed by atoms with Gasteiger partial charge in [0.05, 0.1) is 46.9 Å². The maximum atomic E-state index is 13.6. The molecule has 2 atom stereocenters. The van der Waals surface area contributed by atoms with Gasteiger partial charge in [0, 0.05) is 38.5 Å². The van der Waals surface area contributed by atoms with Crippen molar-refractivity contribution in [3.05, 3.63) is 82.3 Å². The second-order valence-corrected chi connectivity index (χ2v) is 13.4. The predicted octanol–water partition coefficient (Wildman–Crippen LogP) is 4.75. The van der Waals surface area contributed by atoms with E-state index in [1.54, 1.807) is 23.6 Å². The van der Waals surface area contributed by atoms with Gasteiger partial charge in [-0.1, -0.05) is 19.1 Å². The first-order chi connectivity index (χ1) is 27.0. The molecule has 4 aromatic heterocycles. The highest BCUT2D eigenvalue weighted by molar-refractivity contribution is 6.04. The number of amides is 2. The van der Waals surface area contributed by atoms with Gasteiger partial charge in [-0.25, -0.2) is 19.7 Å². The van der Waals surface area contributed by atoms with Crippen molar-refractivity contribution in [2.45, 2.75) is 72.5 Å². The molecule has 5 N–H and O–H groups in total. The molecule has 6 aromatic rings. The average molecular weight is 765 g/mol. The lowest BCUT2D eigenvalue weighted by Gasteiger charge is -2.13. The van der Waals surface area contributed by atoms with E-state index in [1.165, 1.54) is 12.1 Å². The Labute approximate surface area is 319 Å². The summed E-state index contributed by atoms with van der Waals surface area (Å²) in [6.07, 6.45) is 4.00. The van der Waals surface area contributed by atoms with E-state index in [1.807, 2.05) is 48.2 Å². The van der Waals surface area contributed by atoms with Crippen molar-refractivity contribution in [3.8, 4) is 11.5 Å². The van der Waals surface area contributed by atoms with E-state index in [2.05, 4.69) is 20.7 Å². The van der Waals surface area contributed by atoms with Crippen LogP contribution in [0.25, 0.3) is 22.1 Å². The van der Waals surface area contributed by atoms with Gasteiger partial charge in [0.15, 0.2) is 12.1 Å². The molecule has 18 heteroatoms. The number of carbonyl (C=O) groups excluding carboxylic acids is 2. The molecule has 18 nitrogen and oxygen atoms in total. The SMILES string of the molecule is CCc1nc(C)oc1C(=O)Nc1nc2cc(C(N)=O)cc3c2n1C/C=C/Cn1c(NC2OC2c2cc(C)nn2CC)nc2cc(C(=O)O)cc(c21)OCCCO3. The van der Waals surface area contributed by atoms with E-state index < -0.39 is 24.0 Å². The number of aryl methyl sites for hydroxylation is 4. The van der Waals surface area contributed by atoms with Gasteiger partial charge in [0.2, 0.25) is 23.6 Å². The molecule has 2 unspecified atom stereocenters. The summed E-state index contributed by atoms with van der Waals surface area (Å²) in [4.78, 5) is 52.0. The summed E-state index contributed by atoms with van der Waals surface area (Å²) in [5.74, 6) is -0.585. The predicted molar refractivity (Wildman–Crippen MR) is 202 cm³/mol. The number of carboxylic acid groups (broad SMARTS) is 1. The molecule has 1 saturated heterocycles. The lowest BCUT2D eigenvalue weighted by molar-refractivity contribution is 0.0696. The van der Waals surface area contributed by atoms with Crippen LogP contribution in [0, 0.1) is 13.8 Å². The zero-order valence-corrected chi connectivity index (χ0v) is 31.2. The number of epoxide rings is 1. The van der Waals surface area contributed by atoms with E-state index >= 15 is 0 Å². The average Bonchev–Trinajstić information content (AvgIpc) is 3.42. The zero-order valence-electron chi connectivity index (χ0n) is 31.2. The third-order valence-electron chi connectivity index (χ3n) is 9.55. The van der Waals surface area contributed by atoms with Gasteiger partial charge in [-0.2, -0.15) is 5.10 Å². The normalized spacial score (nSPS) is 17.4. The van der Waals surface area contributed by atoms with Gasteiger partial charge in [-0.15, -0.1) is 0 Å². The molecule has 2 aliphatic rings. The number of anilines is 2. The van der Waals surface area contributed by atoms with Gasteiger partial charge in [0.1, 0.15) is 28.6 Å². The van der Waals surface area contributed by atoms with Crippen molar-refractivity contribution in [1.82, 2.24) is 33.9 Å². The third kappa shape index (κ3) is 6.78. The van der Waals surface area contributed by atoms with Crippen molar-refractivity contribution in [2.24, 2.45) is 5.73 Å². The number of carbonyl (C=O) groups is 3. The number of hydrogen-bond donors (Lipinski definition) is 4. The molecule has 0 radical (unpaired) electrons. The Morgan fingerprint density at radius 1 is 0.893 bits per heavy atom. The number of nitrogens with one attached hydrogen (secondary N) is 2. The fourth-order valence-electron chi connectivity index (χ4n) is 6.96. The molecule has 0 spiro atoms. The van der Waals surface area contributed by atoms with Crippen LogP contribution in [0.15, 0.2) is 46.9 Å². The van der Waals surface area contributed by atoms with Gasteiger partial charge in [-0.3, -0.25) is 19.6 Å². The van der Waals surface area contributed by atoms with E-state index in [0.717, 1.165) is 11.4 Å². The molecular weight excluding hydrogens is 724 g/mol. The number of primary amides is 1. The van der Waals surface area contributed by atoms with Crippen LogP contribution in [-0.2, 0) is 30.8 Å². The molecule has 0 aliphatic carbocycles.